The van der Waals surface area contributed by atoms with Crippen LogP contribution < -0.4 is 10.1 Å². The van der Waals surface area contributed by atoms with Gasteiger partial charge in [0.1, 0.15) is 5.75 Å². The largest absolute Gasteiger partial charge is 0.479 e. The molecule has 5 nitrogen and oxygen atoms in total. The van der Waals surface area contributed by atoms with E-state index in [1.807, 2.05) is 0 Å². The quantitative estimate of drug-likeness (QED) is 0.475. The Labute approximate surface area is 182 Å². The van der Waals surface area contributed by atoms with Crippen molar-refractivity contribution in [2.75, 3.05) is 5.32 Å². The summed E-state index contributed by atoms with van der Waals surface area (Å²) in [4.78, 5) is 38.6. The molecule has 0 bridgehead atoms. The van der Waals surface area contributed by atoms with Gasteiger partial charge in [0.2, 0.25) is 0 Å². The topological polar surface area (TPSA) is 72.5 Å². The molecule has 1 atom stereocenters. The predicted octanol–water partition coefficient (Wildman–Crippen LogP) is 5.17. The minimum atomic E-state index is -0.916. The van der Waals surface area contributed by atoms with E-state index in [1.54, 1.807) is 61.5 Å². The SMILES string of the molecule is CC(Oc1ccc(Cl)cc1Cl)C(=O)Nc1cccc2c1C(=O)c1ccccc1C2=O. The summed E-state index contributed by atoms with van der Waals surface area (Å²) in [6.07, 6.45) is -0.916. The maximum Gasteiger partial charge on any atom is 0.265 e. The molecule has 0 saturated heterocycles. The number of ether oxygens (including phenoxy) is 1. The smallest absolute Gasteiger partial charge is 0.265 e. The maximum atomic E-state index is 13.0. The Hall–Kier alpha value is -3.15. The third-order valence-electron chi connectivity index (χ3n) is 4.78. The van der Waals surface area contributed by atoms with Crippen LogP contribution in [0.4, 0.5) is 5.69 Å². The molecule has 30 heavy (non-hydrogen) atoms. The lowest BCUT2D eigenvalue weighted by atomic mass is 9.83. The second-order valence-electron chi connectivity index (χ2n) is 6.76. The fourth-order valence-corrected chi connectivity index (χ4v) is 3.75. The van der Waals surface area contributed by atoms with Crippen molar-refractivity contribution in [3.8, 4) is 5.75 Å². The third kappa shape index (κ3) is 3.58. The summed E-state index contributed by atoms with van der Waals surface area (Å²) >= 11 is 12.0. The van der Waals surface area contributed by atoms with Crippen LogP contribution in [0.25, 0.3) is 0 Å². The van der Waals surface area contributed by atoms with E-state index in [1.165, 1.54) is 6.07 Å². The van der Waals surface area contributed by atoms with E-state index in [9.17, 15) is 14.4 Å². The average molecular weight is 440 g/mol. The van der Waals surface area contributed by atoms with Gasteiger partial charge in [-0.1, -0.05) is 59.6 Å². The average Bonchev–Trinajstić information content (AvgIpc) is 2.73. The molecular weight excluding hydrogens is 425 g/mol. The highest BCUT2D eigenvalue weighted by Crippen LogP contribution is 2.32. The monoisotopic (exact) mass is 439 g/mol. The van der Waals surface area contributed by atoms with Crippen LogP contribution >= 0.6 is 23.2 Å². The highest BCUT2D eigenvalue weighted by atomic mass is 35.5. The number of halogens is 2. The van der Waals surface area contributed by atoms with Crippen molar-refractivity contribution in [2.24, 2.45) is 0 Å². The van der Waals surface area contributed by atoms with Gasteiger partial charge >= 0.3 is 0 Å². The number of anilines is 1. The zero-order chi connectivity index (χ0) is 21.4. The number of benzene rings is 3. The number of carbonyl (C=O) groups excluding carboxylic acids is 3. The molecule has 0 aliphatic heterocycles. The van der Waals surface area contributed by atoms with Gasteiger partial charge in [0.15, 0.2) is 17.7 Å². The van der Waals surface area contributed by atoms with Gasteiger partial charge in [-0.15, -0.1) is 0 Å². The Morgan fingerprint density at radius 1 is 0.900 bits per heavy atom. The first-order valence-electron chi connectivity index (χ1n) is 9.11. The first-order valence-corrected chi connectivity index (χ1v) is 9.86. The molecule has 3 aromatic carbocycles. The molecule has 4 rings (SSSR count). The Morgan fingerprint density at radius 2 is 1.57 bits per heavy atom. The van der Waals surface area contributed by atoms with Crippen molar-refractivity contribution in [1.29, 1.82) is 0 Å². The van der Waals surface area contributed by atoms with E-state index >= 15 is 0 Å². The van der Waals surface area contributed by atoms with E-state index in [-0.39, 0.29) is 33.4 Å². The Kier molecular flexibility index (Phi) is 5.33. The summed E-state index contributed by atoms with van der Waals surface area (Å²) in [5.41, 5.74) is 1.35. The molecule has 0 saturated carbocycles. The number of ketones is 2. The molecule has 0 fully saturated rings. The molecule has 1 unspecified atom stereocenters. The van der Waals surface area contributed by atoms with Crippen molar-refractivity contribution in [1.82, 2.24) is 0 Å². The summed E-state index contributed by atoms with van der Waals surface area (Å²) in [6, 6.07) is 16.1. The number of rotatable bonds is 4. The minimum absolute atomic E-state index is 0.172. The lowest BCUT2D eigenvalue weighted by molar-refractivity contribution is -0.122. The van der Waals surface area contributed by atoms with Gasteiger partial charge in [-0.2, -0.15) is 0 Å². The first kappa shape index (κ1) is 20.1. The Balaban J connectivity index is 1.61. The first-order chi connectivity index (χ1) is 14.4. The maximum absolute atomic E-state index is 13.0. The second kappa shape index (κ2) is 7.94. The van der Waals surface area contributed by atoms with E-state index in [2.05, 4.69) is 5.32 Å². The molecule has 7 heteroatoms. The van der Waals surface area contributed by atoms with E-state index in [4.69, 9.17) is 27.9 Å². The van der Waals surface area contributed by atoms with Gasteiger partial charge in [-0.05, 0) is 31.2 Å². The van der Waals surface area contributed by atoms with Crippen LogP contribution in [0.3, 0.4) is 0 Å². The van der Waals surface area contributed by atoms with Crippen molar-refractivity contribution < 1.29 is 19.1 Å². The summed E-state index contributed by atoms with van der Waals surface area (Å²) in [5.74, 6) is -0.758. The number of fused-ring (bicyclic) bond motifs is 2. The summed E-state index contributed by atoms with van der Waals surface area (Å²) in [7, 11) is 0. The van der Waals surface area contributed by atoms with Crippen LogP contribution in [0.15, 0.2) is 60.7 Å². The normalized spacial score (nSPS) is 13.3. The highest BCUT2D eigenvalue weighted by molar-refractivity contribution is 6.35. The number of nitrogens with one attached hydrogen (secondary N) is 1. The fourth-order valence-electron chi connectivity index (χ4n) is 3.30. The highest BCUT2D eigenvalue weighted by Gasteiger charge is 2.32. The summed E-state index contributed by atoms with van der Waals surface area (Å²) < 4.78 is 5.63. The van der Waals surface area contributed by atoms with E-state index in [0.717, 1.165) is 0 Å². The van der Waals surface area contributed by atoms with Crippen LogP contribution in [0.2, 0.25) is 10.0 Å². The molecule has 1 amide bonds. The van der Waals surface area contributed by atoms with Crippen molar-refractivity contribution >= 4 is 46.4 Å². The van der Waals surface area contributed by atoms with Gasteiger partial charge in [0.05, 0.1) is 16.3 Å². The van der Waals surface area contributed by atoms with Gasteiger partial charge in [0, 0.05) is 21.7 Å². The molecule has 3 aromatic rings. The molecule has 1 N–H and O–H groups in total. The predicted molar refractivity (Wildman–Crippen MR) is 115 cm³/mol. The fraction of sp³-hybridized carbons (Fsp3) is 0.0870. The Morgan fingerprint density at radius 3 is 2.27 bits per heavy atom. The van der Waals surface area contributed by atoms with Crippen LogP contribution in [-0.4, -0.2) is 23.6 Å². The number of amides is 1. The molecule has 1 aliphatic rings. The molecule has 0 radical (unpaired) electrons. The zero-order valence-electron chi connectivity index (χ0n) is 15.7. The van der Waals surface area contributed by atoms with Crippen LogP contribution in [0.1, 0.15) is 38.8 Å². The molecule has 1 aliphatic carbocycles. The standard InChI is InChI=1S/C23H15Cl2NO4/c1-12(30-19-10-9-13(24)11-17(19)25)23(29)26-18-8-4-7-16-20(18)22(28)15-6-3-2-5-14(15)21(16)27/h2-12H,1H3,(H,26,29). The lowest BCUT2D eigenvalue weighted by Gasteiger charge is -2.21. The van der Waals surface area contributed by atoms with E-state index < -0.39 is 12.0 Å². The third-order valence-corrected chi connectivity index (χ3v) is 5.31. The Bertz CT molecular complexity index is 1210. The van der Waals surface area contributed by atoms with Gasteiger partial charge in [0.25, 0.3) is 5.91 Å². The molecule has 0 heterocycles. The van der Waals surface area contributed by atoms with E-state index in [0.29, 0.717) is 21.9 Å². The molecule has 150 valence electrons. The number of hydrogen-bond donors (Lipinski definition) is 1. The van der Waals surface area contributed by atoms with Gasteiger partial charge in [-0.25, -0.2) is 0 Å². The van der Waals surface area contributed by atoms with Gasteiger partial charge < -0.3 is 10.1 Å². The second-order valence-corrected chi connectivity index (χ2v) is 7.60. The van der Waals surface area contributed by atoms with Crippen molar-refractivity contribution in [3.05, 3.63) is 93.0 Å². The summed E-state index contributed by atoms with van der Waals surface area (Å²) in [5, 5.41) is 3.42. The molecule has 0 aromatic heterocycles. The van der Waals surface area contributed by atoms with Gasteiger partial charge in [-0.3, -0.25) is 14.4 Å². The van der Waals surface area contributed by atoms with Crippen LogP contribution in [0.5, 0.6) is 5.75 Å². The van der Waals surface area contributed by atoms with Crippen LogP contribution in [-0.2, 0) is 4.79 Å². The number of carbonyl (C=O) groups is 3. The van der Waals surface area contributed by atoms with Crippen LogP contribution in [0, 0.1) is 0 Å². The van der Waals surface area contributed by atoms with Crippen molar-refractivity contribution in [3.63, 3.8) is 0 Å². The molecule has 0 spiro atoms. The lowest BCUT2D eigenvalue weighted by Crippen LogP contribution is -2.31. The number of hydrogen-bond acceptors (Lipinski definition) is 4. The zero-order valence-corrected chi connectivity index (χ0v) is 17.3. The van der Waals surface area contributed by atoms with Crippen molar-refractivity contribution in [2.45, 2.75) is 13.0 Å². The molecular formula is C23H15Cl2NO4. The minimum Gasteiger partial charge on any atom is -0.479 e. The summed E-state index contributed by atoms with van der Waals surface area (Å²) in [6.45, 7) is 1.55.